The van der Waals surface area contributed by atoms with Gasteiger partial charge >= 0.3 is 0 Å². The van der Waals surface area contributed by atoms with Gasteiger partial charge in [0.1, 0.15) is 22.6 Å². The van der Waals surface area contributed by atoms with Crippen LogP contribution in [0.15, 0.2) is 42.5 Å². The SMILES string of the molecule is Cc1ccc(-c2nc(C)nc3c2nnc2ccc(C)cc23)cc1. The largest absolute Gasteiger partial charge is 0.231 e. The summed E-state index contributed by atoms with van der Waals surface area (Å²) in [5.74, 6) is 0.740. The van der Waals surface area contributed by atoms with Crippen LogP contribution in [0.25, 0.3) is 33.2 Å². The van der Waals surface area contributed by atoms with E-state index < -0.39 is 0 Å². The molecular weight excluding hydrogens is 284 g/mol. The van der Waals surface area contributed by atoms with Crippen LogP contribution in [0.5, 0.6) is 0 Å². The van der Waals surface area contributed by atoms with Crippen molar-refractivity contribution in [1.29, 1.82) is 0 Å². The van der Waals surface area contributed by atoms with Gasteiger partial charge in [-0.05, 0) is 32.9 Å². The van der Waals surface area contributed by atoms with E-state index in [9.17, 15) is 0 Å². The second-order valence-electron chi connectivity index (χ2n) is 5.90. The molecular formula is C19H16N4. The molecule has 2 aromatic carbocycles. The van der Waals surface area contributed by atoms with Gasteiger partial charge in [-0.15, -0.1) is 10.2 Å². The lowest BCUT2D eigenvalue weighted by Gasteiger charge is -2.08. The molecule has 112 valence electrons. The van der Waals surface area contributed by atoms with Gasteiger partial charge in [0.15, 0.2) is 0 Å². The van der Waals surface area contributed by atoms with E-state index in [2.05, 4.69) is 64.3 Å². The molecule has 4 heteroatoms. The third-order valence-electron chi connectivity index (χ3n) is 3.99. The monoisotopic (exact) mass is 300 g/mol. The molecule has 0 radical (unpaired) electrons. The second kappa shape index (κ2) is 5.09. The summed E-state index contributed by atoms with van der Waals surface area (Å²) >= 11 is 0. The molecule has 4 rings (SSSR count). The van der Waals surface area contributed by atoms with Crippen LogP contribution in [0.2, 0.25) is 0 Å². The third kappa shape index (κ3) is 2.32. The second-order valence-corrected chi connectivity index (χ2v) is 5.90. The molecule has 0 amide bonds. The summed E-state index contributed by atoms with van der Waals surface area (Å²) in [6.45, 7) is 6.06. The lowest BCUT2D eigenvalue weighted by atomic mass is 10.1. The van der Waals surface area contributed by atoms with E-state index in [1.54, 1.807) is 0 Å². The maximum Gasteiger partial charge on any atom is 0.138 e. The summed E-state index contributed by atoms with van der Waals surface area (Å²) in [6.07, 6.45) is 0. The summed E-state index contributed by atoms with van der Waals surface area (Å²) < 4.78 is 0. The van der Waals surface area contributed by atoms with E-state index >= 15 is 0 Å². The Balaban J connectivity index is 2.11. The van der Waals surface area contributed by atoms with Crippen LogP contribution in [0.3, 0.4) is 0 Å². The zero-order valence-electron chi connectivity index (χ0n) is 13.3. The molecule has 23 heavy (non-hydrogen) atoms. The minimum atomic E-state index is 0.740. The lowest BCUT2D eigenvalue weighted by Crippen LogP contribution is -1.99. The minimum Gasteiger partial charge on any atom is -0.231 e. The molecule has 0 saturated carbocycles. The number of fused-ring (bicyclic) bond motifs is 3. The Morgan fingerprint density at radius 2 is 1.43 bits per heavy atom. The van der Waals surface area contributed by atoms with Gasteiger partial charge in [-0.3, -0.25) is 0 Å². The average Bonchev–Trinajstić information content (AvgIpc) is 2.55. The van der Waals surface area contributed by atoms with E-state index in [0.29, 0.717) is 0 Å². The van der Waals surface area contributed by atoms with E-state index in [-0.39, 0.29) is 0 Å². The fourth-order valence-electron chi connectivity index (χ4n) is 2.79. The Kier molecular flexibility index (Phi) is 3.05. The molecule has 0 spiro atoms. The van der Waals surface area contributed by atoms with Crippen LogP contribution < -0.4 is 0 Å². The van der Waals surface area contributed by atoms with Crippen LogP contribution in [-0.4, -0.2) is 20.2 Å². The van der Waals surface area contributed by atoms with Crippen molar-refractivity contribution >= 4 is 21.9 Å². The van der Waals surface area contributed by atoms with Crippen LogP contribution in [0.1, 0.15) is 17.0 Å². The predicted molar refractivity (Wildman–Crippen MR) is 92.3 cm³/mol. The fourth-order valence-corrected chi connectivity index (χ4v) is 2.79. The summed E-state index contributed by atoms with van der Waals surface area (Å²) in [5.41, 5.74) is 6.74. The lowest BCUT2D eigenvalue weighted by molar-refractivity contribution is 1.06. The molecule has 2 heterocycles. The molecule has 0 aliphatic rings. The van der Waals surface area contributed by atoms with Gasteiger partial charge in [-0.2, -0.15) is 0 Å². The molecule has 0 N–H and O–H groups in total. The van der Waals surface area contributed by atoms with E-state index in [4.69, 9.17) is 0 Å². The standard InChI is InChI=1S/C19H16N4/c1-11-4-7-14(8-5-11)17-19-18(21-13(3)20-17)15-10-12(2)6-9-16(15)22-23-19/h4-10H,1-3H3. The first-order chi connectivity index (χ1) is 11.1. The predicted octanol–water partition coefficient (Wildman–Crippen LogP) is 4.17. The average molecular weight is 300 g/mol. The maximum atomic E-state index is 4.64. The molecule has 0 aliphatic carbocycles. The molecule has 0 bridgehead atoms. The summed E-state index contributed by atoms with van der Waals surface area (Å²) in [6, 6.07) is 14.4. The van der Waals surface area contributed by atoms with Crippen molar-refractivity contribution in [3.05, 3.63) is 59.4 Å². The normalized spacial score (nSPS) is 11.3. The molecule has 4 nitrogen and oxygen atoms in total. The Morgan fingerprint density at radius 1 is 0.696 bits per heavy atom. The zero-order valence-corrected chi connectivity index (χ0v) is 13.3. The number of aryl methyl sites for hydroxylation is 3. The van der Waals surface area contributed by atoms with Gasteiger partial charge in [0.25, 0.3) is 0 Å². The quantitative estimate of drug-likeness (QED) is 0.495. The Labute approximate surface area is 134 Å². The smallest absolute Gasteiger partial charge is 0.138 e. The highest BCUT2D eigenvalue weighted by atomic mass is 15.1. The first kappa shape index (κ1) is 13.8. The first-order valence-corrected chi connectivity index (χ1v) is 7.60. The Morgan fingerprint density at radius 3 is 2.22 bits per heavy atom. The molecule has 0 fully saturated rings. The number of nitrogens with zero attached hydrogens (tertiary/aromatic N) is 4. The fraction of sp³-hybridized carbons (Fsp3) is 0.158. The number of rotatable bonds is 1. The van der Waals surface area contributed by atoms with Crippen molar-refractivity contribution in [3.63, 3.8) is 0 Å². The highest BCUT2D eigenvalue weighted by molar-refractivity contribution is 6.05. The molecule has 2 aromatic heterocycles. The van der Waals surface area contributed by atoms with Crippen molar-refractivity contribution in [2.75, 3.05) is 0 Å². The van der Waals surface area contributed by atoms with Crippen molar-refractivity contribution in [2.24, 2.45) is 0 Å². The number of hydrogen-bond donors (Lipinski definition) is 0. The topological polar surface area (TPSA) is 51.6 Å². The van der Waals surface area contributed by atoms with Crippen LogP contribution in [0.4, 0.5) is 0 Å². The zero-order chi connectivity index (χ0) is 16.0. The van der Waals surface area contributed by atoms with E-state index in [1.807, 2.05) is 19.1 Å². The van der Waals surface area contributed by atoms with Gasteiger partial charge < -0.3 is 0 Å². The Bertz CT molecular complexity index is 1040. The van der Waals surface area contributed by atoms with Gasteiger partial charge in [0.05, 0.1) is 5.52 Å². The molecule has 0 saturated heterocycles. The summed E-state index contributed by atoms with van der Waals surface area (Å²) in [7, 11) is 0. The van der Waals surface area contributed by atoms with Gasteiger partial charge in [-0.1, -0.05) is 41.5 Å². The van der Waals surface area contributed by atoms with Crippen molar-refractivity contribution < 1.29 is 0 Å². The maximum absolute atomic E-state index is 4.64. The van der Waals surface area contributed by atoms with E-state index in [0.717, 1.165) is 39.0 Å². The third-order valence-corrected chi connectivity index (χ3v) is 3.99. The van der Waals surface area contributed by atoms with E-state index in [1.165, 1.54) is 11.1 Å². The van der Waals surface area contributed by atoms with Crippen LogP contribution in [-0.2, 0) is 0 Å². The highest BCUT2D eigenvalue weighted by Gasteiger charge is 2.13. The Hall–Kier alpha value is -2.88. The molecule has 0 atom stereocenters. The van der Waals surface area contributed by atoms with Crippen LogP contribution in [0, 0.1) is 20.8 Å². The highest BCUT2D eigenvalue weighted by Crippen LogP contribution is 2.28. The number of aromatic nitrogens is 4. The number of benzene rings is 2. The van der Waals surface area contributed by atoms with Gasteiger partial charge in [0.2, 0.25) is 0 Å². The number of hydrogen-bond acceptors (Lipinski definition) is 4. The van der Waals surface area contributed by atoms with Crippen molar-refractivity contribution in [3.8, 4) is 11.3 Å². The van der Waals surface area contributed by atoms with Crippen molar-refractivity contribution in [2.45, 2.75) is 20.8 Å². The van der Waals surface area contributed by atoms with Gasteiger partial charge in [-0.25, -0.2) is 9.97 Å². The van der Waals surface area contributed by atoms with Crippen LogP contribution >= 0.6 is 0 Å². The molecule has 0 unspecified atom stereocenters. The summed E-state index contributed by atoms with van der Waals surface area (Å²) in [4.78, 5) is 9.25. The van der Waals surface area contributed by atoms with Gasteiger partial charge in [0, 0.05) is 10.9 Å². The molecule has 4 aromatic rings. The van der Waals surface area contributed by atoms with Crippen molar-refractivity contribution in [1.82, 2.24) is 20.2 Å². The summed E-state index contributed by atoms with van der Waals surface area (Å²) in [5, 5.41) is 9.78. The minimum absolute atomic E-state index is 0.740. The first-order valence-electron chi connectivity index (χ1n) is 7.60. The molecule has 0 aliphatic heterocycles.